The van der Waals surface area contributed by atoms with Crippen LogP contribution in [0.5, 0.6) is 11.5 Å². The van der Waals surface area contributed by atoms with Gasteiger partial charge >= 0.3 is 0 Å². The highest BCUT2D eigenvalue weighted by Gasteiger charge is 1.97. The maximum Gasteiger partial charge on any atom is 0.123 e. The Kier molecular flexibility index (Phi) is 7.21. The van der Waals surface area contributed by atoms with Crippen LogP contribution in [0.4, 0.5) is 0 Å². The second kappa shape index (κ2) is 9.16. The second-order valence-electron chi connectivity index (χ2n) is 3.64. The molecule has 1 rings (SSSR count). The first-order valence-electron chi connectivity index (χ1n) is 6.06. The van der Waals surface area contributed by atoms with Crippen molar-refractivity contribution in [3.63, 3.8) is 0 Å². The van der Waals surface area contributed by atoms with Crippen LogP contribution >= 0.6 is 0 Å². The van der Waals surface area contributed by atoms with Crippen LogP contribution in [0.1, 0.15) is 12.8 Å². The minimum Gasteiger partial charge on any atom is -0.498 e. The quantitative estimate of drug-likeness (QED) is 0.360. The number of benzene rings is 1. The lowest BCUT2D eigenvalue weighted by atomic mass is 10.3. The first-order chi connectivity index (χ1) is 8.86. The first kappa shape index (κ1) is 14.2. The molecule has 0 aliphatic heterocycles. The molecule has 98 valence electrons. The van der Waals surface area contributed by atoms with Crippen LogP contribution in [0.2, 0.25) is 0 Å². The average molecular weight is 248 g/mol. The fraction of sp³-hybridized carbons (Fsp3) is 0.333. The van der Waals surface area contributed by atoms with Crippen molar-refractivity contribution in [3.8, 4) is 11.5 Å². The monoisotopic (exact) mass is 248 g/mol. The van der Waals surface area contributed by atoms with Crippen molar-refractivity contribution in [2.75, 3.05) is 19.8 Å². The van der Waals surface area contributed by atoms with E-state index >= 15 is 0 Å². The van der Waals surface area contributed by atoms with E-state index < -0.39 is 0 Å². The van der Waals surface area contributed by atoms with Gasteiger partial charge in [-0.2, -0.15) is 0 Å². The Labute approximate surface area is 109 Å². The van der Waals surface area contributed by atoms with Crippen molar-refractivity contribution >= 4 is 0 Å². The number of rotatable bonds is 10. The highest BCUT2D eigenvalue weighted by Crippen LogP contribution is 2.19. The zero-order chi connectivity index (χ0) is 13.1. The summed E-state index contributed by atoms with van der Waals surface area (Å²) < 4.78 is 16.1. The van der Waals surface area contributed by atoms with Crippen molar-refractivity contribution in [2.45, 2.75) is 12.8 Å². The molecule has 0 aliphatic carbocycles. The van der Waals surface area contributed by atoms with Crippen molar-refractivity contribution in [1.82, 2.24) is 0 Å². The highest BCUT2D eigenvalue weighted by molar-refractivity contribution is 5.32. The molecule has 0 unspecified atom stereocenters. The van der Waals surface area contributed by atoms with E-state index in [1.807, 2.05) is 30.3 Å². The zero-order valence-corrected chi connectivity index (χ0v) is 10.6. The zero-order valence-electron chi connectivity index (χ0n) is 10.6. The molecule has 0 aliphatic rings. The van der Waals surface area contributed by atoms with Gasteiger partial charge in [-0.25, -0.2) is 0 Å². The van der Waals surface area contributed by atoms with Crippen molar-refractivity contribution in [1.29, 1.82) is 0 Å². The van der Waals surface area contributed by atoms with E-state index in [2.05, 4.69) is 13.2 Å². The lowest BCUT2D eigenvalue weighted by Crippen LogP contribution is -2.04. The van der Waals surface area contributed by atoms with Crippen LogP contribution < -0.4 is 9.47 Å². The van der Waals surface area contributed by atoms with Crippen molar-refractivity contribution < 1.29 is 14.2 Å². The minimum absolute atomic E-state index is 0.492. The summed E-state index contributed by atoms with van der Waals surface area (Å²) in [6, 6.07) is 7.60. The van der Waals surface area contributed by atoms with E-state index in [0.29, 0.717) is 19.8 Å². The van der Waals surface area contributed by atoms with Crippen molar-refractivity contribution in [2.24, 2.45) is 0 Å². The first-order valence-corrected chi connectivity index (χ1v) is 6.06. The maximum atomic E-state index is 5.60. The van der Waals surface area contributed by atoms with Gasteiger partial charge in [0.1, 0.15) is 24.7 Å². The van der Waals surface area contributed by atoms with Gasteiger partial charge < -0.3 is 14.2 Å². The summed E-state index contributed by atoms with van der Waals surface area (Å²) in [5.41, 5.74) is 0. The van der Waals surface area contributed by atoms with Gasteiger partial charge in [0.05, 0.1) is 12.9 Å². The topological polar surface area (TPSA) is 27.7 Å². The molecule has 0 amide bonds. The molecule has 0 spiro atoms. The maximum absolute atomic E-state index is 5.60. The summed E-state index contributed by atoms with van der Waals surface area (Å²) in [5.74, 6) is 1.60. The molecule has 0 aromatic heterocycles. The van der Waals surface area contributed by atoms with Gasteiger partial charge in [-0.1, -0.05) is 18.7 Å². The van der Waals surface area contributed by atoms with E-state index in [0.717, 1.165) is 24.3 Å². The van der Waals surface area contributed by atoms with Crippen molar-refractivity contribution in [3.05, 3.63) is 49.8 Å². The number of unbranched alkanes of at least 4 members (excludes halogenated alkanes) is 1. The van der Waals surface area contributed by atoms with Crippen LogP contribution in [0, 0.1) is 0 Å². The Hall–Kier alpha value is -1.90. The molecule has 18 heavy (non-hydrogen) atoms. The Morgan fingerprint density at radius 3 is 2.39 bits per heavy atom. The molecule has 3 heteroatoms. The predicted molar refractivity (Wildman–Crippen MR) is 73.0 cm³/mol. The van der Waals surface area contributed by atoms with Crippen LogP contribution in [0.3, 0.4) is 0 Å². The van der Waals surface area contributed by atoms with Crippen LogP contribution in [-0.4, -0.2) is 19.8 Å². The second-order valence-corrected chi connectivity index (χ2v) is 3.64. The van der Waals surface area contributed by atoms with Gasteiger partial charge in [-0.05, 0) is 25.0 Å². The highest BCUT2D eigenvalue weighted by atomic mass is 16.5. The number of ether oxygens (including phenoxy) is 3. The Morgan fingerprint density at radius 2 is 1.72 bits per heavy atom. The van der Waals surface area contributed by atoms with Gasteiger partial charge in [0.2, 0.25) is 0 Å². The summed E-state index contributed by atoms with van der Waals surface area (Å²) in [4.78, 5) is 0. The van der Waals surface area contributed by atoms with Gasteiger partial charge in [0.25, 0.3) is 0 Å². The Balaban J connectivity index is 2.31. The third-order valence-corrected chi connectivity index (χ3v) is 2.21. The van der Waals surface area contributed by atoms with E-state index in [4.69, 9.17) is 14.2 Å². The van der Waals surface area contributed by atoms with Crippen LogP contribution in [0.15, 0.2) is 49.8 Å². The fourth-order valence-electron chi connectivity index (χ4n) is 1.36. The normalized spacial score (nSPS) is 9.56. The molecular weight excluding hydrogens is 228 g/mol. The lowest BCUT2D eigenvalue weighted by molar-refractivity contribution is 0.179. The molecule has 0 fully saturated rings. The minimum atomic E-state index is 0.492. The summed E-state index contributed by atoms with van der Waals surface area (Å²) in [7, 11) is 0. The molecule has 0 atom stereocenters. The molecule has 0 bridgehead atoms. The van der Waals surface area contributed by atoms with Gasteiger partial charge in [-0.15, -0.1) is 6.58 Å². The van der Waals surface area contributed by atoms with Crippen LogP contribution in [-0.2, 0) is 4.74 Å². The molecule has 1 aromatic carbocycles. The van der Waals surface area contributed by atoms with E-state index in [9.17, 15) is 0 Å². The molecular formula is C15H20O3. The molecule has 0 radical (unpaired) electrons. The van der Waals surface area contributed by atoms with Gasteiger partial charge in [-0.3, -0.25) is 0 Å². The van der Waals surface area contributed by atoms with E-state index in [1.165, 1.54) is 6.26 Å². The largest absolute Gasteiger partial charge is 0.498 e. The van der Waals surface area contributed by atoms with Gasteiger partial charge in [0.15, 0.2) is 0 Å². The van der Waals surface area contributed by atoms with E-state index in [1.54, 1.807) is 0 Å². The summed E-state index contributed by atoms with van der Waals surface area (Å²) in [5, 5.41) is 0. The molecule has 1 aromatic rings. The summed E-state index contributed by atoms with van der Waals surface area (Å²) in [6.45, 7) is 8.81. The molecule has 3 nitrogen and oxygen atoms in total. The SMILES string of the molecule is C=CCCCOc1cccc(OCCOC=C)c1. The molecule has 0 saturated carbocycles. The van der Waals surface area contributed by atoms with Crippen LogP contribution in [0.25, 0.3) is 0 Å². The standard InChI is InChI=1S/C15H20O3/c1-3-5-6-10-17-14-8-7-9-15(13-14)18-12-11-16-4-2/h3-4,7-9,13H,1-2,5-6,10-12H2. The molecule has 0 heterocycles. The third kappa shape index (κ3) is 5.99. The fourth-order valence-corrected chi connectivity index (χ4v) is 1.36. The Bertz CT molecular complexity index is 329. The number of hydrogen-bond acceptors (Lipinski definition) is 3. The molecule has 0 N–H and O–H groups in total. The smallest absolute Gasteiger partial charge is 0.123 e. The van der Waals surface area contributed by atoms with E-state index in [-0.39, 0.29) is 0 Å². The van der Waals surface area contributed by atoms with Gasteiger partial charge in [0, 0.05) is 6.07 Å². The molecule has 0 saturated heterocycles. The third-order valence-electron chi connectivity index (χ3n) is 2.21. The summed E-state index contributed by atoms with van der Waals surface area (Å²) >= 11 is 0. The predicted octanol–water partition coefficient (Wildman–Crippen LogP) is 3.57. The number of allylic oxidation sites excluding steroid dienone is 1. The Morgan fingerprint density at radius 1 is 1.00 bits per heavy atom. The average Bonchev–Trinajstić information content (AvgIpc) is 2.40. The lowest BCUT2D eigenvalue weighted by Gasteiger charge is -2.09. The number of hydrogen-bond donors (Lipinski definition) is 0. The summed E-state index contributed by atoms with van der Waals surface area (Å²) in [6.07, 6.45) is 5.24.